The van der Waals surface area contributed by atoms with Crippen LogP contribution >= 0.6 is 0 Å². The third-order valence-electron chi connectivity index (χ3n) is 2.05. The van der Waals surface area contributed by atoms with Crippen molar-refractivity contribution < 1.29 is 18.9 Å². The molecule has 0 amide bonds. The molecule has 0 aliphatic carbocycles. The summed E-state index contributed by atoms with van der Waals surface area (Å²) in [5.74, 6) is 1.48. The Bertz CT molecular complexity index is 297. The number of ether oxygens (including phenoxy) is 4. The molecule has 0 heterocycles. The summed E-state index contributed by atoms with van der Waals surface area (Å²) in [5, 5.41) is 0. The van der Waals surface area contributed by atoms with E-state index < -0.39 is 0 Å². The molecule has 0 saturated heterocycles. The fraction of sp³-hybridized carbons (Fsp3) is 0.538. The van der Waals surface area contributed by atoms with E-state index in [4.69, 9.17) is 18.9 Å². The highest BCUT2D eigenvalue weighted by molar-refractivity contribution is 5.37. The van der Waals surface area contributed by atoms with Crippen molar-refractivity contribution in [1.82, 2.24) is 0 Å². The van der Waals surface area contributed by atoms with Crippen molar-refractivity contribution in [1.29, 1.82) is 0 Å². The van der Waals surface area contributed by atoms with Crippen molar-refractivity contribution >= 4 is 0 Å². The summed E-state index contributed by atoms with van der Waals surface area (Å²) in [6, 6.07) is 5.70. The lowest BCUT2D eigenvalue weighted by atomic mass is 10.2. The summed E-state index contributed by atoms with van der Waals surface area (Å²) in [6.45, 7) is 7.63. The monoisotopic (exact) mass is 240 g/mol. The molecule has 0 fully saturated rings. The van der Waals surface area contributed by atoms with Gasteiger partial charge in [-0.15, -0.1) is 0 Å². The number of hydrogen-bond acceptors (Lipinski definition) is 4. The van der Waals surface area contributed by atoms with Gasteiger partial charge in [-0.1, -0.05) is 0 Å². The lowest BCUT2D eigenvalue weighted by Gasteiger charge is -2.10. The van der Waals surface area contributed by atoms with E-state index in [1.807, 2.05) is 39.0 Å². The number of aryl methyl sites for hydroxylation is 1. The standard InChI is InChI=1S/C13H20O4/c1-4-14-9-16-12-6-11(3)7-13(8-12)17-10-15-5-2/h6-8H,4-5,9-10H2,1-3H3. The normalized spacial score (nSPS) is 10.3. The average molecular weight is 240 g/mol. The zero-order valence-corrected chi connectivity index (χ0v) is 10.7. The van der Waals surface area contributed by atoms with Gasteiger partial charge in [-0.25, -0.2) is 0 Å². The van der Waals surface area contributed by atoms with Gasteiger partial charge < -0.3 is 18.9 Å². The van der Waals surface area contributed by atoms with Gasteiger partial charge in [0.1, 0.15) is 11.5 Å². The van der Waals surface area contributed by atoms with Crippen LogP contribution in [0.3, 0.4) is 0 Å². The molecule has 0 bridgehead atoms. The van der Waals surface area contributed by atoms with Gasteiger partial charge in [0.2, 0.25) is 0 Å². The van der Waals surface area contributed by atoms with E-state index in [-0.39, 0.29) is 13.6 Å². The van der Waals surface area contributed by atoms with Crippen molar-refractivity contribution in [3.8, 4) is 11.5 Å². The molecule has 0 aromatic heterocycles. The van der Waals surface area contributed by atoms with Gasteiger partial charge >= 0.3 is 0 Å². The summed E-state index contributed by atoms with van der Waals surface area (Å²) in [4.78, 5) is 0. The Morgan fingerprint density at radius 2 is 1.29 bits per heavy atom. The predicted molar refractivity (Wildman–Crippen MR) is 65.4 cm³/mol. The smallest absolute Gasteiger partial charge is 0.189 e. The van der Waals surface area contributed by atoms with E-state index in [1.54, 1.807) is 0 Å². The fourth-order valence-electron chi connectivity index (χ4n) is 1.27. The van der Waals surface area contributed by atoms with Crippen molar-refractivity contribution in [3.63, 3.8) is 0 Å². The van der Waals surface area contributed by atoms with Crippen LogP contribution in [0.2, 0.25) is 0 Å². The van der Waals surface area contributed by atoms with E-state index in [0.29, 0.717) is 13.2 Å². The van der Waals surface area contributed by atoms with E-state index in [1.165, 1.54) is 0 Å². The summed E-state index contributed by atoms with van der Waals surface area (Å²) >= 11 is 0. The maximum atomic E-state index is 5.43. The van der Waals surface area contributed by atoms with Gasteiger partial charge in [-0.3, -0.25) is 0 Å². The summed E-state index contributed by atoms with van der Waals surface area (Å²) < 4.78 is 21.1. The Morgan fingerprint density at radius 1 is 0.824 bits per heavy atom. The van der Waals surface area contributed by atoms with Crippen LogP contribution in [0, 0.1) is 6.92 Å². The Labute approximate surface area is 102 Å². The van der Waals surface area contributed by atoms with Gasteiger partial charge in [0.15, 0.2) is 13.6 Å². The number of rotatable bonds is 8. The topological polar surface area (TPSA) is 36.9 Å². The molecule has 0 aliphatic rings. The molecule has 0 aliphatic heterocycles. The molecule has 1 rings (SSSR count). The van der Waals surface area contributed by atoms with Crippen LogP contribution in [0.5, 0.6) is 11.5 Å². The SMILES string of the molecule is CCOCOc1cc(C)cc(OCOCC)c1. The fourth-order valence-corrected chi connectivity index (χ4v) is 1.27. The molecule has 17 heavy (non-hydrogen) atoms. The second-order valence-corrected chi connectivity index (χ2v) is 3.49. The quantitative estimate of drug-likeness (QED) is 0.517. The van der Waals surface area contributed by atoms with Gasteiger partial charge in [-0.2, -0.15) is 0 Å². The highest BCUT2D eigenvalue weighted by atomic mass is 16.7. The van der Waals surface area contributed by atoms with Crippen LogP contribution in [0.25, 0.3) is 0 Å². The van der Waals surface area contributed by atoms with Crippen LogP contribution in [0.1, 0.15) is 19.4 Å². The van der Waals surface area contributed by atoms with E-state index in [9.17, 15) is 0 Å². The molecule has 1 aromatic carbocycles. The van der Waals surface area contributed by atoms with Crippen molar-refractivity contribution in [3.05, 3.63) is 23.8 Å². The first-order chi connectivity index (χ1) is 8.26. The third kappa shape index (κ3) is 5.56. The van der Waals surface area contributed by atoms with Crippen molar-refractivity contribution in [2.45, 2.75) is 20.8 Å². The Kier molecular flexibility index (Phi) is 6.43. The van der Waals surface area contributed by atoms with Crippen LogP contribution in [0.4, 0.5) is 0 Å². The molecular weight excluding hydrogens is 220 g/mol. The molecule has 1 aromatic rings. The minimum atomic E-state index is 0.255. The van der Waals surface area contributed by atoms with E-state index in [0.717, 1.165) is 17.1 Å². The maximum Gasteiger partial charge on any atom is 0.189 e. The highest BCUT2D eigenvalue weighted by Crippen LogP contribution is 2.22. The van der Waals surface area contributed by atoms with Gasteiger partial charge in [-0.05, 0) is 38.5 Å². The van der Waals surface area contributed by atoms with Gasteiger partial charge in [0, 0.05) is 19.3 Å². The highest BCUT2D eigenvalue weighted by Gasteiger charge is 2.01. The van der Waals surface area contributed by atoms with Gasteiger partial charge in [0.05, 0.1) is 0 Å². The van der Waals surface area contributed by atoms with Crippen LogP contribution in [-0.2, 0) is 9.47 Å². The van der Waals surface area contributed by atoms with Gasteiger partial charge in [0.25, 0.3) is 0 Å². The second-order valence-electron chi connectivity index (χ2n) is 3.49. The average Bonchev–Trinajstić information content (AvgIpc) is 2.29. The summed E-state index contributed by atoms with van der Waals surface area (Å²) in [5.41, 5.74) is 1.07. The Balaban J connectivity index is 2.53. The zero-order valence-electron chi connectivity index (χ0n) is 10.7. The van der Waals surface area contributed by atoms with Crippen LogP contribution < -0.4 is 9.47 Å². The van der Waals surface area contributed by atoms with Crippen LogP contribution in [0.15, 0.2) is 18.2 Å². The molecule has 0 radical (unpaired) electrons. The molecule has 0 atom stereocenters. The predicted octanol–water partition coefficient (Wildman–Crippen LogP) is 2.74. The Hall–Kier alpha value is -1.26. The largest absolute Gasteiger partial charge is 0.467 e. The summed E-state index contributed by atoms with van der Waals surface area (Å²) in [6.07, 6.45) is 0. The van der Waals surface area contributed by atoms with E-state index in [2.05, 4.69) is 0 Å². The number of benzene rings is 1. The van der Waals surface area contributed by atoms with Crippen molar-refractivity contribution in [2.24, 2.45) is 0 Å². The number of hydrogen-bond donors (Lipinski definition) is 0. The molecule has 4 nitrogen and oxygen atoms in total. The van der Waals surface area contributed by atoms with E-state index >= 15 is 0 Å². The zero-order chi connectivity index (χ0) is 12.5. The first-order valence-electron chi connectivity index (χ1n) is 5.79. The third-order valence-corrected chi connectivity index (χ3v) is 2.05. The Morgan fingerprint density at radius 3 is 1.71 bits per heavy atom. The first-order valence-corrected chi connectivity index (χ1v) is 5.79. The molecule has 96 valence electrons. The minimum Gasteiger partial charge on any atom is -0.467 e. The second kappa shape index (κ2) is 7.92. The lowest BCUT2D eigenvalue weighted by molar-refractivity contribution is 0.0181. The minimum absolute atomic E-state index is 0.255. The van der Waals surface area contributed by atoms with Crippen LogP contribution in [-0.4, -0.2) is 26.8 Å². The summed E-state index contributed by atoms with van der Waals surface area (Å²) in [7, 11) is 0. The molecular formula is C13H20O4. The molecule has 0 spiro atoms. The molecule has 4 heteroatoms. The maximum absolute atomic E-state index is 5.43. The van der Waals surface area contributed by atoms with Crippen molar-refractivity contribution in [2.75, 3.05) is 26.8 Å². The lowest BCUT2D eigenvalue weighted by Crippen LogP contribution is -2.04. The first kappa shape index (κ1) is 13.8. The molecule has 0 unspecified atom stereocenters. The molecule has 0 N–H and O–H groups in total. The molecule has 0 saturated carbocycles.